The topological polar surface area (TPSA) is 20.2 Å². The van der Waals surface area contributed by atoms with Gasteiger partial charge in [-0.2, -0.15) is 0 Å². The van der Waals surface area contributed by atoms with Crippen LogP contribution in [0.5, 0.6) is 0 Å². The lowest BCUT2D eigenvalue weighted by molar-refractivity contribution is 0.318. The SMILES string of the molecule is CCCC1=C(O)C[C@H](C)CC1. The lowest BCUT2D eigenvalue weighted by Gasteiger charge is -2.20. The maximum Gasteiger partial charge on any atom is 0.0917 e. The van der Waals surface area contributed by atoms with Gasteiger partial charge in [-0.05, 0) is 30.8 Å². The first-order chi connectivity index (χ1) is 5.24. The molecule has 0 aromatic heterocycles. The Hall–Kier alpha value is -0.460. The molecule has 0 spiro atoms. The van der Waals surface area contributed by atoms with Crippen LogP contribution in [-0.2, 0) is 0 Å². The lowest BCUT2D eigenvalue weighted by atomic mass is 9.88. The van der Waals surface area contributed by atoms with Crippen molar-refractivity contribution < 1.29 is 5.11 Å². The standard InChI is InChI=1S/C10H18O/c1-3-4-9-6-5-8(2)7-10(9)11/h8,11H,3-7H2,1-2H3/t8-/m1/s1. The molecule has 0 heterocycles. The van der Waals surface area contributed by atoms with Crippen LogP contribution >= 0.6 is 0 Å². The van der Waals surface area contributed by atoms with E-state index < -0.39 is 0 Å². The van der Waals surface area contributed by atoms with Crippen LogP contribution in [-0.4, -0.2) is 5.11 Å². The summed E-state index contributed by atoms with van der Waals surface area (Å²) in [4.78, 5) is 0. The monoisotopic (exact) mass is 154 g/mol. The molecule has 1 nitrogen and oxygen atoms in total. The van der Waals surface area contributed by atoms with E-state index in [0.29, 0.717) is 11.7 Å². The van der Waals surface area contributed by atoms with Crippen LogP contribution in [0.3, 0.4) is 0 Å². The Balaban J connectivity index is 2.54. The third kappa shape index (κ3) is 2.25. The van der Waals surface area contributed by atoms with Gasteiger partial charge in [-0.15, -0.1) is 0 Å². The molecule has 0 radical (unpaired) electrons. The van der Waals surface area contributed by atoms with Gasteiger partial charge in [0.15, 0.2) is 0 Å². The minimum absolute atomic E-state index is 0.686. The number of hydrogen-bond donors (Lipinski definition) is 1. The van der Waals surface area contributed by atoms with E-state index in [4.69, 9.17) is 0 Å². The van der Waals surface area contributed by atoms with Crippen LogP contribution in [0.15, 0.2) is 11.3 Å². The molecule has 0 aromatic rings. The molecule has 0 amide bonds. The molecule has 1 aliphatic rings. The van der Waals surface area contributed by atoms with Gasteiger partial charge in [0.2, 0.25) is 0 Å². The normalized spacial score (nSPS) is 25.8. The predicted octanol–water partition coefficient (Wildman–Crippen LogP) is 3.42. The molecule has 1 atom stereocenters. The van der Waals surface area contributed by atoms with Crippen molar-refractivity contribution in [2.24, 2.45) is 5.92 Å². The molecular weight excluding hydrogens is 136 g/mol. The van der Waals surface area contributed by atoms with Gasteiger partial charge in [-0.1, -0.05) is 20.3 Å². The van der Waals surface area contributed by atoms with Crippen molar-refractivity contribution in [3.63, 3.8) is 0 Å². The fourth-order valence-corrected chi connectivity index (χ4v) is 1.71. The Labute approximate surface area is 69.1 Å². The van der Waals surface area contributed by atoms with Gasteiger partial charge >= 0.3 is 0 Å². The molecule has 0 saturated carbocycles. The van der Waals surface area contributed by atoms with Gasteiger partial charge in [0.1, 0.15) is 0 Å². The number of allylic oxidation sites excluding steroid dienone is 2. The van der Waals surface area contributed by atoms with Crippen molar-refractivity contribution in [1.29, 1.82) is 0 Å². The second kappa shape index (κ2) is 3.80. The Morgan fingerprint density at radius 1 is 1.55 bits per heavy atom. The smallest absolute Gasteiger partial charge is 0.0917 e. The molecule has 1 N–H and O–H groups in total. The highest BCUT2D eigenvalue weighted by atomic mass is 16.3. The quantitative estimate of drug-likeness (QED) is 0.646. The average molecular weight is 154 g/mol. The lowest BCUT2D eigenvalue weighted by Crippen LogP contribution is -2.07. The zero-order valence-electron chi connectivity index (χ0n) is 7.56. The first kappa shape index (κ1) is 8.63. The van der Waals surface area contributed by atoms with Crippen LogP contribution in [0.1, 0.15) is 46.0 Å². The van der Waals surface area contributed by atoms with Gasteiger partial charge in [0.25, 0.3) is 0 Å². The van der Waals surface area contributed by atoms with E-state index in [1.54, 1.807) is 0 Å². The van der Waals surface area contributed by atoms with Crippen molar-refractivity contribution in [3.05, 3.63) is 11.3 Å². The van der Waals surface area contributed by atoms with E-state index in [1.807, 2.05) is 0 Å². The van der Waals surface area contributed by atoms with Crippen LogP contribution < -0.4 is 0 Å². The zero-order chi connectivity index (χ0) is 8.27. The third-order valence-corrected chi connectivity index (χ3v) is 2.44. The van der Waals surface area contributed by atoms with Crippen molar-refractivity contribution >= 4 is 0 Å². The van der Waals surface area contributed by atoms with Crippen LogP contribution in [0.25, 0.3) is 0 Å². The summed E-state index contributed by atoms with van der Waals surface area (Å²) >= 11 is 0. The van der Waals surface area contributed by atoms with Crippen molar-refractivity contribution in [2.75, 3.05) is 0 Å². The average Bonchev–Trinajstić information content (AvgIpc) is 1.95. The first-order valence-electron chi connectivity index (χ1n) is 4.64. The molecule has 0 aliphatic heterocycles. The highest BCUT2D eigenvalue weighted by Gasteiger charge is 2.15. The summed E-state index contributed by atoms with van der Waals surface area (Å²) in [5, 5.41) is 9.55. The van der Waals surface area contributed by atoms with E-state index in [0.717, 1.165) is 25.7 Å². The highest BCUT2D eigenvalue weighted by molar-refractivity contribution is 5.11. The number of aliphatic hydroxyl groups is 1. The third-order valence-electron chi connectivity index (χ3n) is 2.44. The molecule has 1 aliphatic carbocycles. The van der Waals surface area contributed by atoms with Crippen LogP contribution in [0.2, 0.25) is 0 Å². The van der Waals surface area contributed by atoms with E-state index in [1.165, 1.54) is 12.0 Å². The highest BCUT2D eigenvalue weighted by Crippen LogP contribution is 2.29. The summed E-state index contributed by atoms with van der Waals surface area (Å²) in [5.74, 6) is 1.38. The Kier molecular flexibility index (Phi) is 2.98. The molecule has 64 valence electrons. The Morgan fingerprint density at radius 3 is 2.82 bits per heavy atom. The minimum atomic E-state index is 0.686. The van der Waals surface area contributed by atoms with Gasteiger partial charge < -0.3 is 5.11 Å². The van der Waals surface area contributed by atoms with E-state index in [-0.39, 0.29) is 0 Å². The van der Waals surface area contributed by atoms with Crippen LogP contribution in [0, 0.1) is 5.92 Å². The molecule has 0 fully saturated rings. The first-order valence-corrected chi connectivity index (χ1v) is 4.64. The molecule has 0 aromatic carbocycles. The summed E-state index contributed by atoms with van der Waals surface area (Å²) < 4.78 is 0. The van der Waals surface area contributed by atoms with Gasteiger partial charge in [-0.3, -0.25) is 0 Å². The molecular formula is C10H18O. The zero-order valence-corrected chi connectivity index (χ0v) is 7.56. The fraction of sp³-hybridized carbons (Fsp3) is 0.800. The van der Waals surface area contributed by atoms with Gasteiger partial charge in [0.05, 0.1) is 5.76 Å². The second-order valence-corrected chi connectivity index (χ2v) is 3.65. The second-order valence-electron chi connectivity index (χ2n) is 3.65. The Bertz CT molecular complexity index is 158. The van der Waals surface area contributed by atoms with Crippen molar-refractivity contribution in [2.45, 2.75) is 46.0 Å². The largest absolute Gasteiger partial charge is 0.512 e. The van der Waals surface area contributed by atoms with Crippen molar-refractivity contribution in [1.82, 2.24) is 0 Å². The summed E-state index contributed by atoms with van der Waals surface area (Å²) in [6, 6.07) is 0. The maximum atomic E-state index is 9.55. The number of rotatable bonds is 2. The number of hydrogen-bond acceptors (Lipinski definition) is 1. The van der Waals surface area contributed by atoms with Gasteiger partial charge in [0, 0.05) is 6.42 Å². The predicted molar refractivity (Wildman–Crippen MR) is 47.6 cm³/mol. The molecule has 11 heavy (non-hydrogen) atoms. The Morgan fingerprint density at radius 2 is 2.27 bits per heavy atom. The summed E-state index contributed by atoms with van der Waals surface area (Å²) in [6.45, 7) is 4.37. The van der Waals surface area contributed by atoms with Crippen molar-refractivity contribution in [3.8, 4) is 0 Å². The van der Waals surface area contributed by atoms with E-state index >= 15 is 0 Å². The van der Waals surface area contributed by atoms with E-state index in [2.05, 4.69) is 13.8 Å². The molecule has 0 unspecified atom stereocenters. The van der Waals surface area contributed by atoms with Crippen LogP contribution in [0.4, 0.5) is 0 Å². The van der Waals surface area contributed by atoms with Gasteiger partial charge in [-0.25, -0.2) is 0 Å². The molecule has 0 saturated heterocycles. The molecule has 1 rings (SSSR count). The summed E-state index contributed by atoms with van der Waals surface area (Å²) in [6.07, 6.45) is 5.56. The minimum Gasteiger partial charge on any atom is -0.512 e. The van der Waals surface area contributed by atoms with E-state index in [9.17, 15) is 5.11 Å². The molecule has 1 heteroatoms. The summed E-state index contributed by atoms with van der Waals surface area (Å²) in [7, 11) is 0. The number of aliphatic hydroxyl groups excluding tert-OH is 1. The summed E-state index contributed by atoms with van der Waals surface area (Å²) in [5.41, 5.74) is 1.31. The fourth-order valence-electron chi connectivity index (χ4n) is 1.71. The maximum absolute atomic E-state index is 9.55. The molecule has 0 bridgehead atoms.